The molecule has 1 aromatic carbocycles. The topological polar surface area (TPSA) is 90.9 Å². The molecular formula is C16H21NO6. The average Bonchev–Trinajstić information content (AvgIpc) is 2.53. The van der Waals surface area contributed by atoms with Gasteiger partial charge in [-0.2, -0.15) is 0 Å². The molecule has 7 heteroatoms. The highest BCUT2D eigenvalue weighted by molar-refractivity contribution is 5.88. The summed E-state index contributed by atoms with van der Waals surface area (Å²) in [6.45, 7) is 3.85. The lowest BCUT2D eigenvalue weighted by Gasteiger charge is -2.16. The summed E-state index contributed by atoms with van der Waals surface area (Å²) in [7, 11) is 1.18. The summed E-state index contributed by atoms with van der Waals surface area (Å²) in [6.07, 6.45) is -1.72. The monoisotopic (exact) mass is 323 g/mol. The smallest absolute Gasteiger partial charge is 0.453 e. The van der Waals surface area contributed by atoms with E-state index in [0.717, 1.165) is 5.56 Å². The molecular weight excluding hydrogens is 302 g/mol. The fourth-order valence-electron chi connectivity index (χ4n) is 1.66. The van der Waals surface area contributed by atoms with E-state index in [-0.39, 0.29) is 18.9 Å². The summed E-state index contributed by atoms with van der Waals surface area (Å²) in [5.74, 6) is -0.793. The van der Waals surface area contributed by atoms with Gasteiger partial charge in [-0.3, -0.25) is 0 Å². The minimum absolute atomic E-state index is 0.117. The van der Waals surface area contributed by atoms with Gasteiger partial charge < -0.3 is 19.5 Å². The molecule has 0 aliphatic rings. The van der Waals surface area contributed by atoms with Gasteiger partial charge in [-0.1, -0.05) is 44.2 Å². The van der Waals surface area contributed by atoms with E-state index < -0.39 is 24.3 Å². The fraction of sp³-hybridized carbons (Fsp3) is 0.438. The zero-order valence-electron chi connectivity index (χ0n) is 13.4. The molecule has 1 N–H and O–H groups in total. The van der Waals surface area contributed by atoms with Gasteiger partial charge in [-0.15, -0.1) is 0 Å². The molecule has 0 aliphatic heterocycles. The molecule has 0 fully saturated rings. The highest BCUT2D eigenvalue weighted by Crippen LogP contribution is 2.06. The van der Waals surface area contributed by atoms with Gasteiger partial charge in [0.15, 0.2) is 0 Å². The third-order valence-corrected chi connectivity index (χ3v) is 2.76. The summed E-state index contributed by atoms with van der Waals surface area (Å²) >= 11 is 0. The van der Waals surface area contributed by atoms with Crippen LogP contribution in [-0.2, 0) is 25.4 Å². The Labute approximate surface area is 134 Å². The maximum absolute atomic E-state index is 12.1. The van der Waals surface area contributed by atoms with Crippen molar-refractivity contribution in [3.8, 4) is 0 Å². The van der Waals surface area contributed by atoms with Crippen LogP contribution in [0, 0.1) is 5.92 Å². The molecule has 0 saturated heterocycles. The first-order valence-electron chi connectivity index (χ1n) is 7.19. The number of benzene rings is 1. The molecule has 0 bridgehead atoms. The first kappa shape index (κ1) is 18.5. The summed E-state index contributed by atoms with van der Waals surface area (Å²) in [6, 6.07) is 7.94. The molecule has 0 aliphatic carbocycles. The van der Waals surface area contributed by atoms with Crippen LogP contribution in [0.4, 0.5) is 9.59 Å². The predicted octanol–water partition coefficient (Wildman–Crippen LogP) is 2.29. The summed E-state index contributed by atoms with van der Waals surface area (Å²) < 4.78 is 13.9. The zero-order valence-corrected chi connectivity index (χ0v) is 13.4. The maximum atomic E-state index is 12.1. The van der Waals surface area contributed by atoms with Gasteiger partial charge in [0, 0.05) is 6.42 Å². The number of alkyl carbamates (subject to hydrolysis) is 1. The van der Waals surface area contributed by atoms with E-state index in [2.05, 4.69) is 14.8 Å². The Morgan fingerprint density at radius 1 is 1.13 bits per heavy atom. The molecule has 0 radical (unpaired) electrons. The summed E-state index contributed by atoms with van der Waals surface area (Å²) in [5, 5.41) is 2.34. The van der Waals surface area contributed by atoms with Gasteiger partial charge in [0.05, 0.1) is 13.7 Å². The number of methoxy groups -OCH3 is 1. The van der Waals surface area contributed by atoms with Crippen molar-refractivity contribution in [2.24, 2.45) is 5.92 Å². The van der Waals surface area contributed by atoms with E-state index in [9.17, 15) is 14.4 Å². The molecule has 0 saturated carbocycles. The highest BCUT2D eigenvalue weighted by atomic mass is 16.7. The summed E-state index contributed by atoms with van der Waals surface area (Å²) in [4.78, 5) is 34.9. The Morgan fingerprint density at radius 2 is 1.78 bits per heavy atom. The van der Waals surface area contributed by atoms with Crippen molar-refractivity contribution >= 4 is 18.2 Å². The number of amides is 1. The second-order valence-electron chi connectivity index (χ2n) is 5.25. The predicted molar refractivity (Wildman–Crippen MR) is 81.8 cm³/mol. The fourth-order valence-corrected chi connectivity index (χ4v) is 1.66. The normalized spacial score (nSPS) is 11.5. The highest BCUT2D eigenvalue weighted by Gasteiger charge is 2.26. The lowest BCUT2D eigenvalue weighted by Crippen LogP contribution is -2.44. The maximum Gasteiger partial charge on any atom is 0.516 e. The number of hydrogen-bond donors (Lipinski definition) is 1. The molecule has 0 heterocycles. The first-order valence-corrected chi connectivity index (χ1v) is 7.19. The number of carbonyl (C=O) groups excluding carboxylic acids is 3. The van der Waals surface area contributed by atoms with Crippen LogP contribution in [0.25, 0.3) is 0 Å². The van der Waals surface area contributed by atoms with Gasteiger partial charge in [0.25, 0.3) is 0 Å². The second kappa shape index (κ2) is 9.45. The Balaban J connectivity index is 2.68. The quantitative estimate of drug-likeness (QED) is 0.638. The molecule has 0 unspecified atom stereocenters. The van der Waals surface area contributed by atoms with E-state index in [1.807, 2.05) is 19.9 Å². The third-order valence-electron chi connectivity index (χ3n) is 2.76. The number of esters is 1. The number of carbonyl (C=O) groups is 3. The zero-order chi connectivity index (χ0) is 17.2. The standard InChI is InChI=1S/C16H21NO6/c1-11(2)10-22-16(20)23-14(18)13(17-15(19)21-3)9-12-7-5-4-6-8-12/h4-8,11,13H,9-10H2,1-3H3,(H,17,19)/t13-/m0/s1. The minimum atomic E-state index is -1.09. The van der Waals surface area contributed by atoms with Crippen molar-refractivity contribution in [2.45, 2.75) is 26.3 Å². The van der Waals surface area contributed by atoms with E-state index in [4.69, 9.17) is 4.74 Å². The Kier molecular flexibility index (Phi) is 7.59. The molecule has 7 nitrogen and oxygen atoms in total. The number of nitrogens with one attached hydrogen (secondary N) is 1. The summed E-state index contributed by atoms with van der Waals surface area (Å²) in [5.41, 5.74) is 0.793. The van der Waals surface area contributed by atoms with E-state index in [1.165, 1.54) is 7.11 Å². The van der Waals surface area contributed by atoms with Crippen LogP contribution in [0.5, 0.6) is 0 Å². The van der Waals surface area contributed by atoms with Crippen LogP contribution >= 0.6 is 0 Å². The van der Waals surface area contributed by atoms with E-state index in [0.29, 0.717) is 0 Å². The van der Waals surface area contributed by atoms with Crippen LogP contribution in [0.3, 0.4) is 0 Å². The van der Waals surface area contributed by atoms with Gasteiger partial charge >= 0.3 is 18.2 Å². The van der Waals surface area contributed by atoms with Crippen molar-refractivity contribution in [3.05, 3.63) is 35.9 Å². The van der Waals surface area contributed by atoms with E-state index >= 15 is 0 Å². The molecule has 0 aromatic heterocycles. The Morgan fingerprint density at radius 3 is 2.35 bits per heavy atom. The van der Waals surface area contributed by atoms with Crippen LogP contribution in [0.1, 0.15) is 19.4 Å². The SMILES string of the molecule is COC(=O)N[C@@H](Cc1ccccc1)C(=O)OC(=O)OCC(C)C. The molecule has 126 valence electrons. The van der Waals surface area contributed by atoms with Gasteiger partial charge in [-0.05, 0) is 11.5 Å². The lowest BCUT2D eigenvalue weighted by atomic mass is 10.1. The Bertz CT molecular complexity index is 529. The van der Waals surface area contributed by atoms with Crippen molar-refractivity contribution < 1.29 is 28.6 Å². The molecule has 1 aromatic rings. The largest absolute Gasteiger partial charge is 0.516 e. The average molecular weight is 323 g/mol. The van der Waals surface area contributed by atoms with Crippen LogP contribution in [0.15, 0.2) is 30.3 Å². The van der Waals surface area contributed by atoms with Crippen molar-refractivity contribution in [2.75, 3.05) is 13.7 Å². The molecule has 1 rings (SSSR count). The molecule has 23 heavy (non-hydrogen) atoms. The van der Waals surface area contributed by atoms with Crippen molar-refractivity contribution in [1.82, 2.24) is 5.32 Å². The minimum Gasteiger partial charge on any atom is -0.453 e. The molecule has 1 amide bonds. The number of hydrogen-bond acceptors (Lipinski definition) is 6. The van der Waals surface area contributed by atoms with E-state index in [1.54, 1.807) is 24.3 Å². The Hall–Kier alpha value is -2.57. The van der Waals surface area contributed by atoms with Gasteiger partial charge in [0.1, 0.15) is 6.04 Å². The van der Waals surface area contributed by atoms with Crippen LogP contribution in [-0.4, -0.2) is 38.0 Å². The lowest BCUT2D eigenvalue weighted by molar-refractivity contribution is -0.142. The number of rotatable bonds is 6. The van der Waals surface area contributed by atoms with Gasteiger partial charge in [0.2, 0.25) is 0 Å². The van der Waals surface area contributed by atoms with Crippen molar-refractivity contribution in [3.63, 3.8) is 0 Å². The van der Waals surface area contributed by atoms with Crippen LogP contribution in [0.2, 0.25) is 0 Å². The number of ether oxygens (including phenoxy) is 3. The van der Waals surface area contributed by atoms with Gasteiger partial charge in [-0.25, -0.2) is 14.4 Å². The third kappa shape index (κ3) is 7.30. The molecule has 0 spiro atoms. The second-order valence-corrected chi connectivity index (χ2v) is 5.25. The molecule has 1 atom stereocenters. The van der Waals surface area contributed by atoms with Crippen molar-refractivity contribution in [1.29, 1.82) is 0 Å². The van der Waals surface area contributed by atoms with Crippen LogP contribution < -0.4 is 5.32 Å². The first-order chi connectivity index (χ1) is 10.9.